The summed E-state index contributed by atoms with van der Waals surface area (Å²) in [5.74, 6) is 1.09. The topological polar surface area (TPSA) is 22.9 Å². The summed E-state index contributed by atoms with van der Waals surface area (Å²) < 4.78 is 5.51. The Morgan fingerprint density at radius 1 is 0.929 bits per heavy atom. The highest BCUT2D eigenvalue weighted by Gasteiger charge is 2.30. The van der Waals surface area contributed by atoms with Crippen molar-refractivity contribution in [2.24, 2.45) is 0 Å². The Morgan fingerprint density at radius 3 is 2.50 bits per heavy atom. The average molecular weight is 382 g/mol. The summed E-state index contributed by atoms with van der Waals surface area (Å²) in [6.45, 7) is 7.01. The van der Waals surface area contributed by atoms with Gasteiger partial charge in [0.05, 0.1) is 12.8 Å². The van der Waals surface area contributed by atoms with Crippen LogP contribution in [0.5, 0.6) is 0 Å². The van der Waals surface area contributed by atoms with Gasteiger partial charge in [-0.1, -0.05) is 30.3 Å². The zero-order valence-electron chi connectivity index (χ0n) is 17.3. The third kappa shape index (κ3) is 5.25. The van der Waals surface area contributed by atoms with E-state index in [-0.39, 0.29) is 0 Å². The molecule has 2 fully saturated rings. The van der Waals surface area contributed by atoms with Crippen molar-refractivity contribution in [3.8, 4) is 0 Å². The zero-order valence-corrected chi connectivity index (χ0v) is 17.3. The number of likely N-dealkylation sites (tertiary alicyclic amines) is 2. The summed E-state index contributed by atoms with van der Waals surface area (Å²) in [5.41, 5.74) is 1.46. The van der Waals surface area contributed by atoms with Gasteiger partial charge in [0.15, 0.2) is 0 Å². The van der Waals surface area contributed by atoms with Crippen LogP contribution in [-0.4, -0.2) is 66.6 Å². The molecular formula is C24H35N3O. The number of hydrogen-bond donors (Lipinski definition) is 0. The van der Waals surface area contributed by atoms with Gasteiger partial charge in [0.25, 0.3) is 0 Å². The van der Waals surface area contributed by atoms with E-state index in [9.17, 15) is 0 Å². The van der Waals surface area contributed by atoms with Gasteiger partial charge in [-0.25, -0.2) is 0 Å². The van der Waals surface area contributed by atoms with Crippen LogP contribution in [0.4, 0.5) is 0 Å². The van der Waals surface area contributed by atoms with Crippen LogP contribution in [0, 0.1) is 0 Å². The number of furan rings is 1. The van der Waals surface area contributed by atoms with Crippen LogP contribution < -0.4 is 0 Å². The lowest BCUT2D eigenvalue weighted by Crippen LogP contribution is -2.52. The second-order valence-electron chi connectivity index (χ2n) is 8.58. The molecule has 2 aromatic rings. The molecule has 0 N–H and O–H groups in total. The number of rotatable bonds is 7. The van der Waals surface area contributed by atoms with E-state index < -0.39 is 0 Å². The van der Waals surface area contributed by atoms with Gasteiger partial charge in [-0.3, -0.25) is 9.80 Å². The molecule has 0 aliphatic carbocycles. The molecule has 28 heavy (non-hydrogen) atoms. The first-order chi connectivity index (χ1) is 13.8. The molecule has 4 rings (SSSR count). The van der Waals surface area contributed by atoms with E-state index in [0.717, 1.165) is 18.3 Å². The van der Waals surface area contributed by atoms with E-state index in [1.54, 1.807) is 6.26 Å². The van der Waals surface area contributed by atoms with Crippen LogP contribution in [-0.2, 0) is 13.0 Å². The number of likely N-dealkylation sites (N-methyl/N-ethyl adjacent to an activating group) is 1. The SMILES string of the molecule is CN(C1CCN(Cc2ccco2)CC1)C1CCCN(CCc2ccccc2)C1. The quantitative estimate of drug-likeness (QED) is 0.726. The van der Waals surface area contributed by atoms with Gasteiger partial charge < -0.3 is 9.32 Å². The summed E-state index contributed by atoms with van der Waals surface area (Å²) >= 11 is 0. The van der Waals surface area contributed by atoms with E-state index in [4.69, 9.17) is 4.42 Å². The normalized spacial score (nSPS) is 22.7. The lowest BCUT2D eigenvalue weighted by Gasteiger charge is -2.44. The Balaban J connectivity index is 1.22. The van der Waals surface area contributed by atoms with E-state index in [1.807, 2.05) is 6.07 Å². The number of piperidine rings is 2. The Kier molecular flexibility index (Phi) is 6.84. The fraction of sp³-hybridized carbons (Fsp3) is 0.583. The molecule has 1 aromatic heterocycles. The van der Waals surface area contributed by atoms with Crippen LogP contribution in [0.25, 0.3) is 0 Å². The van der Waals surface area contributed by atoms with Crippen molar-refractivity contribution in [2.75, 3.05) is 39.8 Å². The molecule has 3 heterocycles. The molecule has 2 saturated heterocycles. The van der Waals surface area contributed by atoms with Crippen LogP contribution in [0.2, 0.25) is 0 Å². The Labute approximate surface area is 170 Å². The minimum absolute atomic E-state index is 0.714. The first kappa shape index (κ1) is 19.7. The maximum Gasteiger partial charge on any atom is 0.117 e. The summed E-state index contributed by atoms with van der Waals surface area (Å²) in [6, 6.07) is 16.4. The molecule has 0 bridgehead atoms. The standard InChI is InChI=1S/C24H35N3O/c1-25(22-12-16-27(17-13-22)20-24-10-6-18-28-24)23-9-5-14-26(19-23)15-11-21-7-3-2-4-8-21/h2-4,6-8,10,18,22-23H,5,9,11-17,19-20H2,1H3. The van der Waals surface area contributed by atoms with Crippen molar-refractivity contribution in [3.05, 3.63) is 60.1 Å². The van der Waals surface area contributed by atoms with Gasteiger partial charge in [-0.05, 0) is 63.4 Å². The predicted octanol–water partition coefficient (Wildman–Crippen LogP) is 3.88. The molecule has 2 aliphatic heterocycles. The largest absolute Gasteiger partial charge is 0.468 e. The average Bonchev–Trinajstić information content (AvgIpc) is 3.26. The van der Waals surface area contributed by atoms with Crippen LogP contribution in [0.15, 0.2) is 53.1 Å². The van der Waals surface area contributed by atoms with Crippen molar-refractivity contribution >= 4 is 0 Å². The Bertz CT molecular complexity index is 679. The zero-order chi connectivity index (χ0) is 19.2. The van der Waals surface area contributed by atoms with Crippen molar-refractivity contribution in [2.45, 2.75) is 50.7 Å². The molecular weight excluding hydrogens is 346 g/mol. The van der Waals surface area contributed by atoms with Gasteiger partial charge in [0.1, 0.15) is 5.76 Å². The van der Waals surface area contributed by atoms with E-state index in [2.05, 4.69) is 58.1 Å². The predicted molar refractivity (Wildman–Crippen MR) is 114 cm³/mol. The second kappa shape index (κ2) is 9.73. The minimum Gasteiger partial charge on any atom is -0.468 e. The minimum atomic E-state index is 0.714. The molecule has 0 amide bonds. The smallest absolute Gasteiger partial charge is 0.117 e. The summed E-state index contributed by atoms with van der Waals surface area (Å²) in [7, 11) is 2.37. The lowest BCUT2D eigenvalue weighted by molar-refractivity contribution is 0.0514. The number of hydrogen-bond acceptors (Lipinski definition) is 4. The van der Waals surface area contributed by atoms with Crippen molar-refractivity contribution in [1.82, 2.24) is 14.7 Å². The third-order valence-electron chi connectivity index (χ3n) is 6.71. The molecule has 152 valence electrons. The molecule has 4 heteroatoms. The van der Waals surface area contributed by atoms with Gasteiger partial charge >= 0.3 is 0 Å². The van der Waals surface area contributed by atoms with Crippen molar-refractivity contribution in [3.63, 3.8) is 0 Å². The highest BCUT2D eigenvalue weighted by atomic mass is 16.3. The Hall–Kier alpha value is -1.62. The first-order valence-corrected chi connectivity index (χ1v) is 11.0. The van der Waals surface area contributed by atoms with Crippen LogP contribution >= 0.6 is 0 Å². The highest BCUT2D eigenvalue weighted by Crippen LogP contribution is 2.23. The molecule has 0 spiro atoms. The molecule has 0 saturated carbocycles. The molecule has 1 aromatic carbocycles. The molecule has 2 aliphatic rings. The highest BCUT2D eigenvalue weighted by molar-refractivity contribution is 5.14. The van der Waals surface area contributed by atoms with Gasteiger partial charge in [-0.15, -0.1) is 0 Å². The summed E-state index contributed by atoms with van der Waals surface area (Å²) in [4.78, 5) is 7.93. The van der Waals surface area contributed by atoms with E-state index in [1.165, 1.54) is 70.4 Å². The van der Waals surface area contributed by atoms with Gasteiger partial charge in [0, 0.05) is 38.3 Å². The van der Waals surface area contributed by atoms with Crippen molar-refractivity contribution < 1.29 is 4.42 Å². The molecule has 1 atom stereocenters. The molecule has 1 unspecified atom stereocenters. The number of nitrogens with zero attached hydrogens (tertiary/aromatic N) is 3. The maximum absolute atomic E-state index is 5.51. The number of benzene rings is 1. The first-order valence-electron chi connectivity index (χ1n) is 11.0. The lowest BCUT2D eigenvalue weighted by atomic mass is 9.97. The van der Waals surface area contributed by atoms with Crippen molar-refractivity contribution in [1.29, 1.82) is 0 Å². The Morgan fingerprint density at radius 2 is 1.75 bits per heavy atom. The monoisotopic (exact) mass is 381 g/mol. The molecule has 4 nitrogen and oxygen atoms in total. The van der Waals surface area contributed by atoms with E-state index >= 15 is 0 Å². The van der Waals surface area contributed by atoms with Crippen LogP contribution in [0.1, 0.15) is 37.0 Å². The van der Waals surface area contributed by atoms with Gasteiger partial charge in [0.2, 0.25) is 0 Å². The third-order valence-corrected chi connectivity index (χ3v) is 6.71. The molecule has 0 radical (unpaired) electrons. The van der Waals surface area contributed by atoms with Gasteiger partial charge in [-0.2, -0.15) is 0 Å². The maximum atomic E-state index is 5.51. The summed E-state index contributed by atoms with van der Waals surface area (Å²) in [6.07, 6.45) is 8.19. The fourth-order valence-electron chi connectivity index (χ4n) is 4.90. The van der Waals surface area contributed by atoms with E-state index in [0.29, 0.717) is 6.04 Å². The summed E-state index contributed by atoms with van der Waals surface area (Å²) in [5, 5.41) is 0. The fourth-order valence-corrected chi connectivity index (χ4v) is 4.90. The second-order valence-corrected chi connectivity index (χ2v) is 8.58. The van der Waals surface area contributed by atoms with Crippen LogP contribution in [0.3, 0.4) is 0 Å².